The van der Waals surface area contributed by atoms with Crippen LogP contribution in [0.25, 0.3) is 0 Å². The molecular formula is C11H17N5O3. The molecule has 104 valence electrons. The number of nitrogens with one attached hydrogen (secondary N) is 2. The lowest BCUT2D eigenvalue weighted by Gasteiger charge is -2.14. The van der Waals surface area contributed by atoms with Crippen molar-refractivity contribution in [1.29, 1.82) is 0 Å². The van der Waals surface area contributed by atoms with Crippen molar-refractivity contribution in [3.8, 4) is 0 Å². The van der Waals surface area contributed by atoms with Crippen LogP contribution in [0.15, 0.2) is 0 Å². The lowest BCUT2D eigenvalue weighted by atomic mass is 10.3. The van der Waals surface area contributed by atoms with Crippen molar-refractivity contribution in [2.24, 2.45) is 7.05 Å². The summed E-state index contributed by atoms with van der Waals surface area (Å²) in [7, 11) is 1.67. The molecule has 0 spiro atoms. The molecule has 1 fully saturated rings. The predicted octanol–water partition coefficient (Wildman–Crippen LogP) is 0.716. The fourth-order valence-electron chi connectivity index (χ4n) is 1.71. The minimum absolute atomic E-state index is 0.157. The molecule has 0 radical (unpaired) electrons. The van der Waals surface area contributed by atoms with E-state index in [0.29, 0.717) is 5.82 Å². The highest BCUT2D eigenvalue weighted by atomic mass is 16.6. The Bertz CT molecular complexity index is 521. The Balaban J connectivity index is 2.12. The van der Waals surface area contributed by atoms with Crippen LogP contribution in [0.5, 0.6) is 0 Å². The molecule has 0 aromatic carbocycles. The summed E-state index contributed by atoms with van der Waals surface area (Å²) in [5.74, 6) is 0.353. The molecule has 1 heterocycles. The maximum absolute atomic E-state index is 11.8. The minimum atomic E-state index is -0.555. The quantitative estimate of drug-likeness (QED) is 0.604. The first-order valence-corrected chi connectivity index (χ1v) is 6.14. The minimum Gasteiger partial charge on any atom is -0.358 e. The number of nitro groups is 1. The molecule has 1 saturated carbocycles. The fraction of sp³-hybridized carbons (Fsp3) is 0.636. The van der Waals surface area contributed by atoms with Crippen LogP contribution in [0, 0.1) is 17.0 Å². The molecule has 1 aromatic heterocycles. The summed E-state index contributed by atoms with van der Waals surface area (Å²) in [5.41, 5.74) is 0. The molecule has 19 heavy (non-hydrogen) atoms. The van der Waals surface area contributed by atoms with E-state index in [1.54, 1.807) is 25.5 Å². The number of imidazole rings is 1. The third kappa shape index (κ3) is 2.83. The van der Waals surface area contributed by atoms with Gasteiger partial charge in [0.2, 0.25) is 17.5 Å². The van der Waals surface area contributed by atoms with Gasteiger partial charge in [0.25, 0.3) is 0 Å². The number of aromatic nitrogens is 2. The van der Waals surface area contributed by atoms with E-state index in [0.717, 1.165) is 12.8 Å². The summed E-state index contributed by atoms with van der Waals surface area (Å²) in [5, 5.41) is 16.6. The molecule has 1 unspecified atom stereocenters. The van der Waals surface area contributed by atoms with Gasteiger partial charge in [0.05, 0.1) is 0 Å². The largest absolute Gasteiger partial charge is 0.406 e. The smallest absolute Gasteiger partial charge is 0.358 e. The van der Waals surface area contributed by atoms with Gasteiger partial charge in [-0.05, 0) is 29.7 Å². The van der Waals surface area contributed by atoms with Crippen molar-refractivity contribution < 1.29 is 9.72 Å². The third-order valence-electron chi connectivity index (χ3n) is 3.14. The number of amides is 1. The fourth-order valence-corrected chi connectivity index (χ4v) is 1.71. The number of hydrogen-bond acceptors (Lipinski definition) is 5. The van der Waals surface area contributed by atoms with Crippen LogP contribution in [0.1, 0.15) is 25.6 Å². The van der Waals surface area contributed by atoms with Crippen LogP contribution in [0.4, 0.5) is 11.6 Å². The molecule has 0 bridgehead atoms. The topological polar surface area (TPSA) is 102 Å². The normalized spacial score (nSPS) is 15.9. The number of aryl methyl sites for hydroxylation is 1. The molecular weight excluding hydrogens is 250 g/mol. The maximum Gasteiger partial charge on any atom is 0.406 e. The zero-order chi connectivity index (χ0) is 14.2. The van der Waals surface area contributed by atoms with Crippen LogP contribution in [0.3, 0.4) is 0 Å². The van der Waals surface area contributed by atoms with Crippen molar-refractivity contribution in [2.75, 3.05) is 5.32 Å². The highest BCUT2D eigenvalue weighted by Crippen LogP contribution is 2.25. The Hall–Kier alpha value is -2.12. The van der Waals surface area contributed by atoms with E-state index in [4.69, 9.17) is 0 Å². The molecule has 1 aromatic rings. The highest BCUT2D eigenvalue weighted by Gasteiger charge is 2.29. The molecule has 0 aliphatic heterocycles. The third-order valence-corrected chi connectivity index (χ3v) is 3.14. The Morgan fingerprint density at radius 2 is 2.21 bits per heavy atom. The SMILES string of the molecule is Cc1nc([N+](=O)[O-])c(NC(C)C(=O)NC2CC2)n1C. The summed E-state index contributed by atoms with van der Waals surface area (Å²) in [6.45, 7) is 3.34. The van der Waals surface area contributed by atoms with Gasteiger partial charge < -0.3 is 20.7 Å². The van der Waals surface area contributed by atoms with E-state index in [1.807, 2.05) is 0 Å². The van der Waals surface area contributed by atoms with Crippen molar-refractivity contribution in [2.45, 2.75) is 38.8 Å². The van der Waals surface area contributed by atoms with Crippen molar-refractivity contribution in [3.63, 3.8) is 0 Å². The van der Waals surface area contributed by atoms with Crippen molar-refractivity contribution in [1.82, 2.24) is 14.9 Å². The van der Waals surface area contributed by atoms with Gasteiger partial charge in [-0.2, -0.15) is 0 Å². The van der Waals surface area contributed by atoms with E-state index in [1.165, 1.54) is 0 Å². The lowest BCUT2D eigenvalue weighted by Crippen LogP contribution is -2.39. The number of hydrogen-bond donors (Lipinski definition) is 2. The Morgan fingerprint density at radius 3 is 2.74 bits per heavy atom. The monoisotopic (exact) mass is 267 g/mol. The number of anilines is 1. The summed E-state index contributed by atoms with van der Waals surface area (Å²) in [4.78, 5) is 26.0. The molecule has 8 nitrogen and oxygen atoms in total. The summed E-state index contributed by atoms with van der Waals surface area (Å²) in [6, 6.07) is -0.283. The molecule has 2 N–H and O–H groups in total. The number of carbonyl (C=O) groups excluding carboxylic acids is 1. The van der Waals surface area contributed by atoms with Gasteiger partial charge in [0.15, 0.2) is 0 Å². The first-order chi connectivity index (χ1) is 8.90. The zero-order valence-corrected chi connectivity index (χ0v) is 11.1. The maximum atomic E-state index is 11.8. The van der Waals surface area contributed by atoms with Gasteiger partial charge in [-0.25, -0.2) is 0 Å². The van der Waals surface area contributed by atoms with Crippen molar-refractivity contribution in [3.05, 3.63) is 15.9 Å². The average molecular weight is 267 g/mol. The van der Waals surface area contributed by atoms with Gasteiger partial charge >= 0.3 is 5.82 Å². The van der Waals surface area contributed by atoms with Crippen molar-refractivity contribution >= 4 is 17.5 Å². The summed E-state index contributed by atoms with van der Waals surface area (Å²) >= 11 is 0. The van der Waals surface area contributed by atoms with Gasteiger partial charge in [-0.1, -0.05) is 0 Å². The molecule has 1 atom stereocenters. The highest BCUT2D eigenvalue weighted by molar-refractivity contribution is 5.85. The first kappa shape index (κ1) is 13.3. The Kier molecular flexibility index (Phi) is 3.41. The molecule has 1 aliphatic rings. The van der Waals surface area contributed by atoms with Gasteiger partial charge in [0.1, 0.15) is 6.04 Å². The van der Waals surface area contributed by atoms with Crippen LogP contribution in [0.2, 0.25) is 0 Å². The van der Waals surface area contributed by atoms with E-state index >= 15 is 0 Å². The number of rotatable bonds is 5. The number of carbonyl (C=O) groups is 1. The van der Waals surface area contributed by atoms with Crippen LogP contribution in [-0.4, -0.2) is 32.5 Å². The first-order valence-electron chi connectivity index (χ1n) is 6.14. The molecule has 1 aliphatic carbocycles. The van der Waals surface area contributed by atoms with Gasteiger partial charge in [-0.15, -0.1) is 0 Å². The second-order valence-corrected chi connectivity index (χ2v) is 4.80. The standard InChI is InChI=1S/C11H17N5O3/c1-6(11(17)14-8-4-5-8)12-9-10(16(18)19)13-7(2)15(9)3/h6,8,12H,4-5H2,1-3H3,(H,14,17). The van der Waals surface area contributed by atoms with Crippen LogP contribution < -0.4 is 10.6 Å². The summed E-state index contributed by atoms with van der Waals surface area (Å²) in [6.07, 6.45) is 2.01. The predicted molar refractivity (Wildman–Crippen MR) is 68.8 cm³/mol. The van der Waals surface area contributed by atoms with Crippen LogP contribution >= 0.6 is 0 Å². The molecule has 1 amide bonds. The van der Waals surface area contributed by atoms with Crippen LogP contribution in [-0.2, 0) is 11.8 Å². The molecule has 8 heteroatoms. The number of nitrogens with zero attached hydrogens (tertiary/aromatic N) is 3. The second kappa shape index (κ2) is 4.87. The molecule has 2 rings (SSSR count). The second-order valence-electron chi connectivity index (χ2n) is 4.80. The summed E-state index contributed by atoms with van der Waals surface area (Å²) < 4.78 is 1.57. The van der Waals surface area contributed by atoms with E-state index < -0.39 is 11.0 Å². The lowest BCUT2D eigenvalue weighted by molar-refractivity contribution is -0.388. The molecule has 0 saturated heterocycles. The van der Waals surface area contributed by atoms with E-state index in [9.17, 15) is 14.9 Å². The zero-order valence-electron chi connectivity index (χ0n) is 11.1. The van der Waals surface area contributed by atoms with E-state index in [2.05, 4.69) is 15.6 Å². The van der Waals surface area contributed by atoms with Gasteiger partial charge in [-0.3, -0.25) is 9.36 Å². The Labute approximate surface area is 110 Å². The van der Waals surface area contributed by atoms with Gasteiger partial charge in [0, 0.05) is 20.0 Å². The average Bonchev–Trinajstić information content (AvgIpc) is 3.10. The van der Waals surface area contributed by atoms with E-state index in [-0.39, 0.29) is 23.6 Å². The Morgan fingerprint density at radius 1 is 1.58 bits per heavy atom.